The van der Waals surface area contributed by atoms with Crippen LogP contribution in [0.1, 0.15) is 13.3 Å². The minimum absolute atomic E-state index is 0. The van der Waals surface area contributed by atoms with Crippen molar-refractivity contribution < 1.29 is 14.4 Å². The molecule has 0 aromatic rings. The van der Waals surface area contributed by atoms with Gasteiger partial charge in [0.05, 0.1) is 17.9 Å². The highest BCUT2D eigenvalue weighted by Gasteiger charge is 2.58. The van der Waals surface area contributed by atoms with E-state index in [9.17, 15) is 14.4 Å². The summed E-state index contributed by atoms with van der Waals surface area (Å²) in [5.74, 6) is -0.303. The van der Waals surface area contributed by atoms with Gasteiger partial charge in [-0.05, 0) is 25.2 Å². The summed E-state index contributed by atoms with van der Waals surface area (Å²) in [5.41, 5.74) is 5.44. The Morgan fingerprint density at radius 1 is 1.33 bits per heavy atom. The van der Waals surface area contributed by atoms with Crippen LogP contribution in [0.3, 0.4) is 0 Å². The van der Waals surface area contributed by atoms with Crippen LogP contribution in [0.4, 0.5) is 0 Å². The van der Waals surface area contributed by atoms with Crippen molar-refractivity contribution in [2.24, 2.45) is 29.4 Å². The van der Waals surface area contributed by atoms with E-state index < -0.39 is 6.04 Å². The van der Waals surface area contributed by atoms with E-state index >= 15 is 0 Å². The van der Waals surface area contributed by atoms with Crippen molar-refractivity contribution in [3.05, 3.63) is 12.2 Å². The van der Waals surface area contributed by atoms with Gasteiger partial charge >= 0.3 is 0 Å². The van der Waals surface area contributed by atoms with Crippen LogP contribution in [0.2, 0.25) is 0 Å². The molecule has 7 heteroatoms. The second-order valence-electron chi connectivity index (χ2n) is 5.91. The maximum atomic E-state index is 12.3. The Kier molecular flexibility index (Phi) is 4.39. The number of carbonyl (C=O) groups excluding carboxylic acids is 3. The van der Waals surface area contributed by atoms with Crippen molar-refractivity contribution in [1.29, 1.82) is 0 Å². The third kappa shape index (κ3) is 2.46. The molecule has 3 N–H and O–H groups in total. The smallest absolute Gasteiger partial charge is 0.236 e. The molecule has 1 saturated heterocycles. The first-order valence-electron chi connectivity index (χ1n) is 7.07. The van der Waals surface area contributed by atoms with Crippen molar-refractivity contribution in [2.45, 2.75) is 19.4 Å². The van der Waals surface area contributed by atoms with Gasteiger partial charge < -0.3 is 11.1 Å². The van der Waals surface area contributed by atoms with E-state index in [1.807, 2.05) is 0 Å². The summed E-state index contributed by atoms with van der Waals surface area (Å²) in [6, 6.07) is -0.584. The first kappa shape index (κ1) is 16.0. The van der Waals surface area contributed by atoms with Gasteiger partial charge in [-0.25, -0.2) is 0 Å². The average Bonchev–Trinajstić information content (AvgIpc) is 3.07. The Bertz CT molecular complexity index is 476. The summed E-state index contributed by atoms with van der Waals surface area (Å²) in [6.07, 6.45) is 5.07. The summed E-state index contributed by atoms with van der Waals surface area (Å²) in [6.45, 7) is 2.10. The van der Waals surface area contributed by atoms with Gasteiger partial charge in [0.1, 0.15) is 0 Å². The van der Waals surface area contributed by atoms with Gasteiger partial charge in [0.25, 0.3) is 0 Å². The van der Waals surface area contributed by atoms with Crippen LogP contribution in [0.15, 0.2) is 12.2 Å². The lowest BCUT2D eigenvalue weighted by atomic mass is 9.85. The monoisotopic (exact) mass is 313 g/mol. The second-order valence-corrected chi connectivity index (χ2v) is 5.91. The number of nitrogens with zero attached hydrogens (tertiary/aromatic N) is 1. The van der Waals surface area contributed by atoms with Crippen molar-refractivity contribution >= 4 is 30.1 Å². The van der Waals surface area contributed by atoms with Gasteiger partial charge in [-0.15, -0.1) is 12.4 Å². The van der Waals surface area contributed by atoms with Crippen LogP contribution >= 0.6 is 12.4 Å². The molecule has 3 rings (SSSR count). The van der Waals surface area contributed by atoms with Crippen molar-refractivity contribution in [3.63, 3.8) is 0 Å². The molecule has 3 aliphatic rings. The number of amides is 3. The molecule has 2 bridgehead atoms. The number of carbonyl (C=O) groups is 3. The minimum Gasteiger partial charge on any atom is -0.353 e. The Morgan fingerprint density at radius 2 is 1.86 bits per heavy atom. The maximum absolute atomic E-state index is 12.3. The molecule has 0 aromatic heterocycles. The fourth-order valence-corrected chi connectivity index (χ4v) is 3.64. The summed E-state index contributed by atoms with van der Waals surface area (Å²) in [7, 11) is 0. The van der Waals surface area contributed by atoms with Crippen molar-refractivity contribution in [1.82, 2.24) is 10.2 Å². The zero-order valence-electron chi connectivity index (χ0n) is 11.8. The van der Waals surface area contributed by atoms with Crippen molar-refractivity contribution in [2.75, 3.05) is 13.1 Å². The number of hydrogen-bond donors (Lipinski definition) is 2. The molecule has 116 valence electrons. The van der Waals surface area contributed by atoms with E-state index in [0.717, 1.165) is 6.42 Å². The quantitative estimate of drug-likeness (QED) is 0.549. The predicted octanol–water partition coefficient (Wildman–Crippen LogP) is -0.321. The van der Waals surface area contributed by atoms with E-state index in [1.165, 1.54) is 4.90 Å². The molecule has 4 unspecified atom stereocenters. The third-order valence-corrected chi connectivity index (χ3v) is 4.61. The zero-order chi connectivity index (χ0) is 14.4. The number of fused-ring (bicyclic) bond motifs is 5. The predicted molar refractivity (Wildman–Crippen MR) is 78.3 cm³/mol. The molecule has 21 heavy (non-hydrogen) atoms. The summed E-state index contributed by atoms with van der Waals surface area (Å²) in [5, 5.41) is 2.63. The lowest BCUT2D eigenvalue weighted by Gasteiger charge is -2.17. The molecule has 1 aliphatic heterocycles. The number of allylic oxidation sites excluding steroid dienone is 2. The topological polar surface area (TPSA) is 92.5 Å². The summed E-state index contributed by atoms with van der Waals surface area (Å²) < 4.78 is 0. The number of nitrogens with two attached hydrogens (primary N) is 1. The van der Waals surface area contributed by atoms with E-state index in [1.54, 1.807) is 6.92 Å². The van der Waals surface area contributed by atoms with Gasteiger partial charge in [0.15, 0.2) is 0 Å². The molecule has 2 fully saturated rings. The number of rotatable bonds is 4. The highest BCUT2D eigenvalue weighted by molar-refractivity contribution is 6.06. The number of likely N-dealkylation sites (tertiary alicyclic amines) is 1. The lowest BCUT2D eigenvalue weighted by molar-refractivity contribution is -0.141. The Balaban J connectivity index is 0.00000161. The fraction of sp³-hybridized carbons (Fsp3) is 0.643. The van der Waals surface area contributed by atoms with Gasteiger partial charge in [-0.3, -0.25) is 19.3 Å². The first-order chi connectivity index (χ1) is 9.50. The maximum Gasteiger partial charge on any atom is 0.236 e. The largest absolute Gasteiger partial charge is 0.353 e. The number of halogens is 1. The Hall–Kier alpha value is -1.40. The average molecular weight is 314 g/mol. The fourth-order valence-electron chi connectivity index (χ4n) is 3.64. The van der Waals surface area contributed by atoms with Crippen LogP contribution in [0.5, 0.6) is 0 Å². The Labute approximate surface area is 129 Å². The van der Waals surface area contributed by atoms with Gasteiger partial charge in [-0.1, -0.05) is 12.2 Å². The minimum atomic E-state index is -0.584. The number of nitrogens with one attached hydrogen (secondary N) is 1. The standard InChI is InChI=1S/C14H19N3O3.ClH/c1-7(15)12(18)16-4-5-17-13(19)10-8-2-3-9(6-8)11(10)14(17)20;/h2-3,7-11H,4-6,15H2,1H3,(H,16,18);1H/t7-,8?,9?,10?,11?;/m0./s1. The van der Waals surface area contributed by atoms with E-state index in [0.29, 0.717) is 0 Å². The zero-order valence-corrected chi connectivity index (χ0v) is 12.6. The normalized spacial score (nSPS) is 33.9. The summed E-state index contributed by atoms with van der Waals surface area (Å²) >= 11 is 0. The molecular formula is C14H20ClN3O3. The molecule has 0 spiro atoms. The van der Waals surface area contributed by atoms with E-state index in [-0.39, 0.29) is 66.9 Å². The van der Waals surface area contributed by atoms with Gasteiger partial charge in [0, 0.05) is 13.1 Å². The van der Waals surface area contributed by atoms with Crippen LogP contribution in [0, 0.1) is 23.7 Å². The van der Waals surface area contributed by atoms with Crippen LogP contribution in [-0.4, -0.2) is 41.8 Å². The molecule has 3 amide bonds. The highest BCUT2D eigenvalue weighted by atomic mass is 35.5. The molecule has 1 saturated carbocycles. The molecule has 0 radical (unpaired) electrons. The van der Waals surface area contributed by atoms with E-state index in [2.05, 4.69) is 17.5 Å². The molecule has 2 aliphatic carbocycles. The Morgan fingerprint density at radius 3 is 2.33 bits per heavy atom. The van der Waals surface area contributed by atoms with E-state index in [4.69, 9.17) is 5.73 Å². The van der Waals surface area contributed by atoms with Gasteiger partial charge in [0.2, 0.25) is 17.7 Å². The molecule has 5 atom stereocenters. The van der Waals surface area contributed by atoms with Gasteiger partial charge in [-0.2, -0.15) is 0 Å². The molecule has 0 aromatic carbocycles. The molecule has 6 nitrogen and oxygen atoms in total. The highest BCUT2D eigenvalue weighted by Crippen LogP contribution is 2.52. The summed E-state index contributed by atoms with van der Waals surface area (Å²) in [4.78, 5) is 37.3. The molecule has 1 heterocycles. The lowest BCUT2D eigenvalue weighted by Crippen LogP contribution is -2.44. The third-order valence-electron chi connectivity index (χ3n) is 4.61. The second kappa shape index (κ2) is 5.77. The first-order valence-corrected chi connectivity index (χ1v) is 7.07. The van der Waals surface area contributed by atoms with Crippen LogP contribution < -0.4 is 11.1 Å². The number of hydrogen-bond acceptors (Lipinski definition) is 4. The number of imide groups is 1. The van der Waals surface area contributed by atoms with Crippen LogP contribution in [0.25, 0.3) is 0 Å². The van der Waals surface area contributed by atoms with Crippen LogP contribution in [-0.2, 0) is 14.4 Å². The molecular weight excluding hydrogens is 294 g/mol. The SMILES string of the molecule is C[C@H](N)C(=O)NCCN1C(=O)C2C3C=CC(C3)C2C1=O.Cl. The van der Waals surface area contributed by atoms with Crippen molar-refractivity contribution in [3.8, 4) is 0 Å².